The molecule has 0 aromatic heterocycles. The Bertz CT molecular complexity index is 418. The summed E-state index contributed by atoms with van der Waals surface area (Å²) < 4.78 is 14.1. The maximum atomic E-state index is 14.0. The lowest BCUT2D eigenvalue weighted by Crippen LogP contribution is -2.32. The molecule has 3 nitrogen and oxygen atoms in total. The first-order valence-corrected chi connectivity index (χ1v) is 5.85. The molecule has 1 aliphatic carbocycles. The van der Waals surface area contributed by atoms with E-state index in [0.717, 1.165) is 18.9 Å². The molecule has 1 unspecified atom stereocenters. The Morgan fingerprint density at radius 3 is 2.50 bits per heavy atom. The summed E-state index contributed by atoms with van der Waals surface area (Å²) in [5, 5.41) is 19.3. The first-order chi connectivity index (χ1) is 7.40. The van der Waals surface area contributed by atoms with Gasteiger partial charge in [0.2, 0.25) is 0 Å². The van der Waals surface area contributed by atoms with Gasteiger partial charge in [-0.1, -0.05) is 0 Å². The maximum absolute atomic E-state index is 14.0. The van der Waals surface area contributed by atoms with Gasteiger partial charge in [-0.15, -0.1) is 0 Å². The van der Waals surface area contributed by atoms with Crippen LogP contribution >= 0.6 is 15.9 Å². The zero-order valence-corrected chi connectivity index (χ0v) is 10.4. The highest BCUT2D eigenvalue weighted by Gasteiger charge is 2.51. The fraction of sp³-hybridized carbons (Fsp3) is 0.455. The molecule has 1 saturated carbocycles. The average Bonchev–Trinajstić information content (AvgIpc) is 2.97. The number of hydrogen-bond donors (Lipinski definition) is 3. The third-order valence-corrected chi connectivity index (χ3v) is 3.91. The lowest BCUT2D eigenvalue weighted by atomic mass is 9.88. The summed E-state index contributed by atoms with van der Waals surface area (Å²) in [6, 6.07) is 0.882. The van der Waals surface area contributed by atoms with E-state index in [-0.39, 0.29) is 21.8 Å². The van der Waals surface area contributed by atoms with Crippen molar-refractivity contribution in [3.63, 3.8) is 0 Å². The molecule has 1 aliphatic rings. The second-order valence-corrected chi connectivity index (χ2v) is 5.21. The summed E-state index contributed by atoms with van der Waals surface area (Å²) in [6.45, 7) is 1.78. The number of rotatable bonds is 2. The van der Waals surface area contributed by atoms with Gasteiger partial charge < -0.3 is 15.9 Å². The number of nitrogens with two attached hydrogens (primary N) is 1. The van der Waals surface area contributed by atoms with Gasteiger partial charge in [-0.05, 0) is 35.7 Å². The quantitative estimate of drug-likeness (QED) is 0.733. The molecule has 1 fully saturated rings. The lowest BCUT2D eigenvalue weighted by Gasteiger charge is -2.22. The van der Waals surface area contributed by atoms with Crippen LogP contribution in [-0.4, -0.2) is 16.3 Å². The fourth-order valence-electron chi connectivity index (χ4n) is 2.13. The van der Waals surface area contributed by atoms with E-state index in [1.165, 1.54) is 0 Å². The number of phenolic OH excluding ortho intramolecular Hbond substituents is 2. The Labute approximate surface area is 101 Å². The Kier molecular flexibility index (Phi) is 2.62. The minimum Gasteiger partial charge on any atom is -0.504 e. The molecule has 0 bridgehead atoms. The van der Waals surface area contributed by atoms with E-state index in [1.807, 2.05) is 0 Å². The van der Waals surface area contributed by atoms with Crippen molar-refractivity contribution in [1.82, 2.24) is 0 Å². The van der Waals surface area contributed by atoms with Crippen LogP contribution in [0, 0.1) is 5.82 Å². The number of hydrogen-bond acceptors (Lipinski definition) is 3. The summed E-state index contributed by atoms with van der Waals surface area (Å²) in [4.78, 5) is 0. The van der Waals surface area contributed by atoms with Gasteiger partial charge >= 0.3 is 0 Å². The largest absolute Gasteiger partial charge is 0.504 e. The molecule has 1 atom stereocenters. The SMILES string of the molecule is CC(N)C1(c2c(O)c(O)cc(Br)c2F)CC1. The van der Waals surface area contributed by atoms with E-state index < -0.39 is 17.0 Å². The molecule has 1 aromatic rings. The van der Waals surface area contributed by atoms with Crippen LogP contribution in [0.2, 0.25) is 0 Å². The molecular formula is C11H13BrFNO2. The van der Waals surface area contributed by atoms with E-state index in [2.05, 4.69) is 15.9 Å². The fourth-order valence-corrected chi connectivity index (χ4v) is 2.54. The number of aromatic hydroxyl groups is 2. The van der Waals surface area contributed by atoms with E-state index in [0.29, 0.717) is 0 Å². The molecule has 4 N–H and O–H groups in total. The van der Waals surface area contributed by atoms with Crippen molar-refractivity contribution in [3.8, 4) is 11.5 Å². The second-order valence-electron chi connectivity index (χ2n) is 4.36. The Morgan fingerprint density at radius 1 is 1.50 bits per heavy atom. The summed E-state index contributed by atoms with van der Waals surface area (Å²) in [5.74, 6) is -1.25. The smallest absolute Gasteiger partial charge is 0.164 e. The van der Waals surface area contributed by atoms with Crippen molar-refractivity contribution in [3.05, 3.63) is 21.9 Å². The van der Waals surface area contributed by atoms with Crippen LogP contribution in [0.3, 0.4) is 0 Å². The number of benzene rings is 1. The lowest BCUT2D eigenvalue weighted by molar-refractivity contribution is 0.380. The highest BCUT2D eigenvalue weighted by Crippen LogP contribution is 2.56. The van der Waals surface area contributed by atoms with Crippen molar-refractivity contribution >= 4 is 15.9 Å². The molecule has 0 radical (unpaired) electrons. The van der Waals surface area contributed by atoms with E-state index in [1.54, 1.807) is 6.92 Å². The molecular weight excluding hydrogens is 277 g/mol. The van der Waals surface area contributed by atoms with Gasteiger partial charge in [-0.3, -0.25) is 0 Å². The topological polar surface area (TPSA) is 66.5 Å². The van der Waals surface area contributed by atoms with Gasteiger partial charge in [-0.2, -0.15) is 0 Å². The van der Waals surface area contributed by atoms with Crippen molar-refractivity contribution in [2.24, 2.45) is 5.73 Å². The minimum atomic E-state index is -0.537. The van der Waals surface area contributed by atoms with Gasteiger partial charge in [0.25, 0.3) is 0 Å². The van der Waals surface area contributed by atoms with Gasteiger partial charge in [0.05, 0.1) is 4.47 Å². The molecule has 0 saturated heterocycles. The molecule has 1 aromatic carbocycles. The third-order valence-electron chi connectivity index (χ3n) is 3.33. The van der Waals surface area contributed by atoms with Crippen LogP contribution in [0.5, 0.6) is 11.5 Å². The standard InChI is InChI=1S/C11H13BrFNO2/c1-5(14)11(2-3-11)8-9(13)6(12)4-7(15)10(8)16/h4-5,15-16H,2-3,14H2,1H3. The molecule has 0 amide bonds. The predicted molar refractivity (Wildman–Crippen MR) is 62.0 cm³/mol. The third kappa shape index (κ3) is 1.50. The van der Waals surface area contributed by atoms with Gasteiger partial charge in [0, 0.05) is 23.1 Å². The van der Waals surface area contributed by atoms with Crippen molar-refractivity contribution in [1.29, 1.82) is 0 Å². The highest BCUT2D eigenvalue weighted by molar-refractivity contribution is 9.10. The molecule has 0 spiro atoms. The average molecular weight is 290 g/mol. The highest BCUT2D eigenvalue weighted by atomic mass is 79.9. The van der Waals surface area contributed by atoms with Crippen LogP contribution in [-0.2, 0) is 5.41 Å². The van der Waals surface area contributed by atoms with Crippen molar-refractivity contribution < 1.29 is 14.6 Å². The van der Waals surface area contributed by atoms with E-state index >= 15 is 0 Å². The van der Waals surface area contributed by atoms with Crippen LogP contribution in [0.1, 0.15) is 25.3 Å². The van der Waals surface area contributed by atoms with Crippen LogP contribution in [0.4, 0.5) is 4.39 Å². The first kappa shape index (κ1) is 11.7. The Hall–Kier alpha value is -0.810. The second kappa shape index (κ2) is 3.60. The number of phenols is 2. The van der Waals surface area contributed by atoms with E-state index in [9.17, 15) is 14.6 Å². The van der Waals surface area contributed by atoms with Gasteiger partial charge in [0.15, 0.2) is 11.5 Å². The summed E-state index contributed by atoms with van der Waals surface area (Å²) in [5.41, 5.74) is 5.43. The van der Waals surface area contributed by atoms with Gasteiger partial charge in [0.1, 0.15) is 5.82 Å². The van der Waals surface area contributed by atoms with Crippen molar-refractivity contribution in [2.45, 2.75) is 31.2 Å². The molecule has 88 valence electrons. The molecule has 5 heteroatoms. The Morgan fingerprint density at radius 2 is 2.06 bits per heavy atom. The predicted octanol–water partition coefficient (Wildman–Crippen LogP) is 2.38. The number of halogens is 2. The normalized spacial score (nSPS) is 19.5. The minimum absolute atomic E-state index is 0.134. The zero-order chi connectivity index (χ0) is 12.1. The zero-order valence-electron chi connectivity index (χ0n) is 8.80. The summed E-state index contributed by atoms with van der Waals surface area (Å²) in [7, 11) is 0. The van der Waals surface area contributed by atoms with Crippen LogP contribution < -0.4 is 5.73 Å². The molecule has 16 heavy (non-hydrogen) atoms. The monoisotopic (exact) mass is 289 g/mol. The Balaban J connectivity index is 2.65. The first-order valence-electron chi connectivity index (χ1n) is 5.06. The van der Waals surface area contributed by atoms with Crippen LogP contribution in [0.25, 0.3) is 0 Å². The molecule has 0 heterocycles. The molecule has 0 aliphatic heterocycles. The van der Waals surface area contributed by atoms with E-state index in [4.69, 9.17) is 5.73 Å². The maximum Gasteiger partial charge on any atom is 0.164 e. The molecule has 2 rings (SSSR count). The van der Waals surface area contributed by atoms with Crippen molar-refractivity contribution in [2.75, 3.05) is 0 Å². The summed E-state index contributed by atoms with van der Waals surface area (Å²) >= 11 is 3.01. The van der Waals surface area contributed by atoms with Crippen LogP contribution in [0.15, 0.2) is 10.5 Å². The summed E-state index contributed by atoms with van der Waals surface area (Å²) in [6.07, 6.45) is 1.45. The van der Waals surface area contributed by atoms with Gasteiger partial charge in [-0.25, -0.2) is 4.39 Å².